The first kappa shape index (κ1) is 14.3. The lowest BCUT2D eigenvalue weighted by atomic mass is 10.2. The van der Waals surface area contributed by atoms with Gasteiger partial charge in [0, 0.05) is 23.2 Å². The van der Waals surface area contributed by atoms with Crippen LogP contribution in [0.4, 0.5) is 11.4 Å². The third kappa shape index (κ3) is 3.05. The maximum Gasteiger partial charge on any atom is 0.292 e. The Kier molecular flexibility index (Phi) is 4.19. The number of ether oxygens (including phenoxy) is 1. The van der Waals surface area contributed by atoms with Crippen LogP contribution in [-0.4, -0.2) is 17.0 Å². The van der Waals surface area contributed by atoms with Crippen LogP contribution in [-0.2, 0) is 0 Å². The van der Waals surface area contributed by atoms with Gasteiger partial charge in [0.1, 0.15) is 16.4 Å². The highest BCUT2D eigenvalue weighted by Crippen LogP contribution is 2.32. The Bertz CT molecular complexity index is 627. The Balaban J connectivity index is 2.29. The molecular weight excluding hydrogens is 278 g/mol. The number of methoxy groups -OCH3 is 1. The average Bonchev–Trinajstić information content (AvgIpc) is 2.85. The molecule has 1 atom stereocenters. The normalized spacial score (nSPS) is 11.9. The van der Waals surface area contributed by atoms with Crippen molar-refractivity contribution >= 4 is 22.7 Å². The van der Waals surface area contributed by atoms with E-state index in [1.54, 1.807) is 29.7 Å². The molecule has 7 heteroatoms. The van der Waals surface area contributed by atoms with Crippen molar-refractivity contribution in [2.24, 2.45) is 0 Å². The van der Waals surface area contributed by atoms with Crippen LogP contribution >= 0.6 is 11.3 Å². The van der Waals surface area contributed by atoms with Crippen molar-refractivity contribution in [2.75, 3.05) is 12.4 Å². The van der Waals surface area contributed by atoms with Crippen molar-refractivity contribution in [3.63, 3.8) is 0 Å². The van der Waals surface area contributed by atoms with Crippen LogP contribution < -0.4 is 10.1 Å². The van der Waals surface area contributed by atoms with Crippen LogP contribution in [0.5, 0.6) is 5.75 Å². The summed E-state index contributed by atoms with van der Waals surface area (Å²) in [6.45, 7) is 3.89. The summed E-state index contributed by atoms with van der Waals surface area (Å²) in [6.07, 6.45) is 1.79. The van der Waals surface area contributed by atoms with E-state index in [0.29, 0.717) is 11.4 Å². The Morgan fingerprint density at radius 1 is 1.50 bits per heavy atom. The molecule has 0 radical (unpaired) electrons. The summed E-state index contributed by atoms with van der Waals surface area (Å²) in [7, 11) is 1.53. The van der Waals surface area contributed by atoms with Gasteiger partial charge in [-0.1, -0.05) is 0 Å². The number of anilines is 1. The maximum absolute atomic E-state index is 11.1. The molecule has 0 saturated heterocycles. The third-order valence-corrected chi connectivity index (χ3v) is 3.88. The van der Waals surface area contributed by atoms with E-state index in [1.165, 1.54) is 13.2 Å². The number of rotatable bonds is 5. The van der Waals surface area contributed by atoms with E-state index in [2.05, 4.69) is 10.3 Å². The molecule has 1 aromatic heterocycles. The molecule has 2 rings (SSSR count). The molecule has 1 N–H and O–H groups in total. The average molecular weight is 293 g/mol. The zero-order valence-corrected chi connectivity index (χ0v) is 12.2. The Labute approximate surface area is 120 Å². The lowest BCUT2D eigenvalue weighted by molar-refractivity contribution is -0.384. The summed E-state index contributed by atoms with van der Waals surface area (Å²) in [6, 6.07) is 4.51. The number of benzene rings is 1. The molecule has 1 heterocycles. The minimum absolute atomic E-state index is 0.0194. The quantitative estimate of drug-likeness (QED) is 0.674. The van der Waals surface area contributed by atoms with Gasteiger partial charge in [-0.15, -0.1) is 11.3 Å². The van der Waals surface area contributed by atoms with E-state index in [4.69, 9.17) is 4.74 Å². The molecule has 6 nitrogen and oxygen atoms in total. The van der Waals surface area contributed by atoms with Gasteiger partial charge in [-0.25, -0.2) is 4.98 Å². The molecule has 1 aromatic carbocycles. The Hall–Kier alpha value is -2.15. The van der Waals surface area contributed by atoms with Gasteiger partial charge in [-0.2, -0.15) is 0 Å². The van der Waals surface area contributed by atoms with Gasteiger partial charge in [-0.05, 0) is 19.9 Å². The monoisotopic (exact) mass is 293 g/mol. The number of nitro benzene ring substituents is 1. The summed E-state index contributed by atoms with van der Waals surface area (Å²) < 4.78 is 5.11. The number of nitro groups is 1. The number of aryl methyl sites for hydroxylation is 1. The van der Waals surface area contributed by atoms with Crippen molar-refractivity contribution in [3.8, 4) is 5.75 Å². The topological polar surface area (TPSA) is 77.3 Å². The van der Waals surface area contributed by atoms with Gasteiger partial charge >= 0.3 is 0 Å². The van der Waals surface area contributed by atoms with Crippen LogP contribution in [0, 0.1) is 17.0 Å². The molecule has 0 fully saturated rings. The summed E-state index contributed by atoms with van der Waals surface area (Å²) in [5.41, 5.74) is 0.445. The van der Waals surface area contributed by atoms with E-state index < -0.39 is 4.92 Å². The van der Waals surface area contributed by atoms with Gasteiger partial charge in [0.15, 0.2) is 0 Å². The van der Waals surface area contributed by atoms with Crippen molar-refractivity contribution in [3.05, 3.63) is 44.4 Å². The number of hydrogen-bond acceptors (Lipinski definition) is 6. The molecule has 2 aromatic rings. The highest BCUT2D eigenvalue weighted by Gasteiger charge is 2.18. The SMILES string of the molecule is COc1ccc([N+](=O)[O-])c(NC(C)c2ncc(C)s2)c1. The summed E-state index contributed by atoms with van der Waals surface area (Å²) in [5.74, 6) is 0.570. The predicted octanol–water partition coefficient (Wildman–Crippen LogP) is 3.54. The largest absolute Gasteiger partial charge is 0.497 e. The molecule has 0 aliphatic rings. The zero-order valence-electron chi connectivity index (χ0n) is 11.4. The van der Waals surface area contributed by atoms with E-state index in [-0.39, 0.29) is 11.7 Å². The second kappa shape index (κ2) is 5.87. The van der Waals surface area contributed by atoms with E-state index >= 15 is 0 Å². The molecule has 0 bridgehead atoms. The van der Waals surface area contributed by atoms with Gasteiger partial charge in [0.2, 0.25) is 0 Å². The number of thiazole rings is 1. The smallest absolute Gasteiger partial charge is 0.292 e. The predicted molar refractivity (Wildman–Crippen MR) is 78.5 cm³/mol. The van der Waals surface area contributed by atoms with Crippen LogP contribution in [0.1, 0.15) is 22.9 Å². The van der Waals surface area contributed by atoms with E-state index in [1.807, 2.05) is 13.8 Å². The number of aromatic nitrogens is 1. The van der Waals surface area contributed by atoms with Crippen LogP contribution in [0.25, 0.3) is 0 Å². The molecule has 0 aliphatic heterocycles. The zero-order chi connectivity index (χ0) is 14.7. The molecule has 106 valence electrons. The third-order valence-electron chi connectivity index (χ3n) is 2.78. The van der Waals surface area contributed by atoms with Gasteiger partial charge in [0.25, 0.3) is 5.69 Å². The highest BCUT2D eigenvalue weighted by atomic mass is 32.1. The fourth-order valence-electron chi connectivity index (χ4n) is 1.78. The fraction of sp³-hybridized carbons (Fsp3) is 0.308. The minimum Gasteiger partial charge on any atom is -0.497 e. The number of nitrogens with zero attached hydrogens (tertiary/aromatic N) is 2. The fourth-order valence-corrected chi connectivity index (χ4v) is 2.56. The molecule has 0 amide bonds. The maximum atomic E-state index is 11.1. The summed E-state index contributed by atoms with van der Waals surface area (Å²) in [5, 5.41) is 15.1. The highest BCUT2D eigenvalue weighted by molar-refractivity contribution is 7.11. The van der Waals surface area contributed by atoms with Crippen LogP contribution in [0.3, 0.4) is 0 Å². The number of hydrogen-bond donors (Lipinski definition) is 1. The Morgan fingerprint density at radius 3 is 2.80 bits per heavy atom. The second-order valence-electron chi connectivity index (χ2n) is 4.32. The first-order chi connectivity index (χ1) is 9.51. The molecule has 0 spiro atoms. The van der Waals surface area contributed by atoms with Crippen molar-refractivity contribution in [1.82, 2.24) is 4.98 Å². The van der Waals surface area contributed by atoms with E-state index in [0.717, 1.165) is 9.88 Å². The molecule has 1 unspecified atom stereocenters. The van der Waals surface area contributed by atoms with Gasteiger partial charge in [-0.3, -0.25) is 10.1 Å². The van der Waals surface area contributed by atoms with Crippen molar-refractivity contribution in [1.29, 1.82) is 0 Å². The van der Waals surface area contributed by atoms with Gasteiger partial charge in [0.05, 0.1) is 18.1 Å². The second-order valence-corrected chi connectivity index (χ2v) is 5.58. The lowest BCUT2D eigenvalue weighted by Crippen LogP contribution is -2.08. The van der Waals surface area contributed by atoms with Gasteiger partial charge < -0.3 is 10.1 Å². The standard InChI is InChI=1S/C13H15N3O3S/c1-8-7-14-13(20-8)9(2)15-11-6-10(19-3)4-5-12(11)16(17)18/h4-7,9,15H,1-3H3. The first-order valence-electron chi connectivity index (χ1n) is 6.02. The molecular formula is C13H15N3O3S. The summed E-state index contributed by atoms with van der Waals surface area (Å²) in [4.78, 5) is 16.0. The lowest BCUT2D eigenvalue weighted by Gasteiger charge is -2.13. The van der Waals surface area contributed by atoms with Crippen LogP contribution in [0.2, 0.25) is 0 Å². The molecule has 0 aliphatic carbocycles. The Morgan fingerprint density at radius 2 is 2.25 bits per heavy atom. The molecule has 0 saturated carbocycles. The van der Waals surface area contributed by atoms with Crippen LogP contribution in [0.15, 0.2) is 24.4 Å². The van der Waals surface area contributed by atoms with Crippen molar-refractivity contribution in [2.45, 2.75) is 19.9 Å². The van der Waals surface area contributed by atoms with E-state index in [9.17, 15) is 10.1 Å². The first-order valence-corrected chi connectivity index (χ1v) is 6.84. The van der Waals surface area contributed by atoms with Crippen molar-refractivity contribution < 1.29 is 9.66 Å². The minimum atomic E-state index is -0.415. The summed E-state index contributed by atoms with van der Waals surface area (Å²) >= 11 is 1.56. The molecule has 20 heavy (non-hydrogen) atoms. The number of nitrogens with one attached hydrogen (secondary N) is 1.